The first kappa shape index (κ1) is 16.9. The molecule has 0 saturated heterocycles. The molecule has 3 rings (SSSR count). The third kappa shape index (κ3) is 4.55. The number of carbonyl (C=O) groups excluding carboxylic acids is 1. The van der Waals surface area contributed by atoms with Crippen LogP contribution in [0.2, 0.25) is 0 Å². The fourth-order valence-electron chi connectivity index (χ4n) is 2.63. The second kappa shape index (κ2) is 7.77. The Bertz CT molecular complexity index is 822. The van der Waals surface area contributed by atoms with Gasteiger partial charge in [0.05, 0.1) is 31.5 Å². The van der Waals surface area contributed by atoms with Crippen molar-refractivity contribution in [3.8, 4) is 5.69 Å². The third-order valence-corrected chi connectivity index (χ3v) is 3.90. The normalized spacial score (nSPS) is 10.8. The SMILES string of the molecule is C[NH+](C)Cc1ccc(CNC(=O)c2cnn(-c3ccccc3)c2)cc1. The molecule has 0 aliphatic rings. The number of carbonyl (C=O) groups is 1. The average Bonchev–Trinajstić information content (AvgIpc) is 3.11. The Balaban J connectivity index is 1.59. The van der Waals surface area contributed by atoms with Gasteiger partial charge in [-0.2, -0.15) is 5.10 Å². The van der Waals surface area contributed by atoms with Crippen molar-refractivity contribution in [2.24, 2.45) is 0 Å². The number of nitrogens with zero attached hydrogens (tertiary/aromatic N) is 2. The van der Waals surface area contributed by atoms with Gasteiger partial charge >= 0.3 is 0 Å². The zero-order chi connectivity index (χ0) is 17.6. The Hall–Kier alpha value is -2.92. The lowest BCUT2D eigenvalue weighted by Crippen LogP contribution is -3.04. The van der Waals surface area contributed by atoms with Crippen LogP contribution in [0.3, 0.4) is 0 Å². The van der Waals surface area contributed by atoms with Gasteiger partial charge in [-0.05, 0) is 17.7 Å². The molecule has 0 bridgehead atoms. The van der Waals surface area contributed by atoms with Crippen molar-refractivity contribution in [1.82, 2.24) is 15.1 Å². The summed E-state index contributed by atoms with van der Waals surface area (Å²) in [6, 6.07) is 18.1. The van der Waals surface area contributed by atoms with Gasteiger partial charge in [0.2, 0.25) is 0 Å². The van der Waals surface area contributed by atoms with E-state index >= 15 is 0 Å². The number of quaternary nitrogens is 1. The molecule has 1 heterocycles. The zero-order valence-electron chi connectivity index (χ0n) is 14.6. The monoisotopic (exact) mass is 335 g/mol. The predicted octanol–water partition coefficient (Wildman–Crippen LogP) is 1.45. The van der Waals surface area contributed by atoms with Crippen molar-refractivity contribution in [3.05, 3.63) is 83.7 Å². The summed E-state index contributed by atoms with van der Waals surface area (Å²) >= 11 is 0. The van der Waals surface area contributed by atoms with Crippen molar-refractivity contribution in [2.45, 2.75) is 13.1 Å². The van der Waals surface area contributed by atoms with Crippen molar-refractivity contribution in [1.29, 1.82) is 0 Å². The highest BCUT2D eigenvalue weighted by molar-refractivity contribution is 5.93. The van der Waals surface area contributed by atoms with Crippen LogP contribution in [0.5, 0.6) is 0 Å². The molecule has 1 aromatic heterocycles. The number of para-hydroxylation sites is 1. The van der Waals surface area contributed by atoms with Gasteiger partial charge in [0.1, 0.15) is 6.54 Å². The van der Waals surface area contributed by atoms with Gasteiger partial charge < -0.3 is 10.2 Å². The van der Waals surface area contributed by atoms with Gasteiger partial charge in [0.15, 0.2) is 0 Å². The molecule has 25 heavy (non-hydrogen) atoms. The third-order valence-electron chi connectivity index (χ3n) is 3.90. The van der Waals surface area contributed by atoms with E-state index in [2.05, 4.69) is 48.8 Å². The Morgan fingerprint density at radius 3 is 2.40 bits per heavy atom. The van der Waals surface area contributed by atoms with Crippen LogP contribution in [0.4, 0.5) is 0 Å². The van der Waals surface area contributed by atoms with Crippen LogP contribution >= 0.6 is 0 Å². The van der Waals surface area contributed by atoms with Crippen molar-refractivity contribution in [3.63, 3.8) is 0 Å². The highest BCUT2D eigenvalue weighted by atomic mass is 16.1. The summed E-state index contributed by atoms with van der Waals surface area (Å²) in [6.45, 7) is 1.50. The summed E-state index contributed by atoms with van der Waals surface area (Å²) in [6.07, 6.45) is 3.33. The summed E-state index contributed by atoms with van der Waals surface area (Å²) in [5, 5.41) is 7.20. The van der Waals surface area contributed by atoms with Gasteiger partial charge in [-0.25, -0.2) is 4.68 Å². The second-order valence-corrected chi connectivity index (χ2v) is 6.39. The number of hydrogen-bond acceptors (Lipinski definition) is 2. The molecular formula is C20H23N4O+. The highest BCUT2D eigenvalue weighted by Crippen LogP contribution is 2.08. The maximum atomic E-state index is 12.3. The van der Waals surface area contributed by atoms with E-state index < -0.39 is 0 Å². The van der Waals surface area contributed by atoms with Crippen LogP contribution in [-0.2, 0) is 13.1 Å². The summed E-state index contributed by atoms with van der Waals surface area (Å²) < 4.78 is 1.70. The molecule has 128 valence electrons. The van der Waals surface area contributed by atoms with Crippen molar-refractivity contribution >= 4 is 5.91 Å². The standard InChI is InChI=1S/C20H22N4O/c1-23(2)14-17-10-8-16(9-11-17)12-21-20(25)18-13-22-24(15-18)19-6-4-3-5-7-19/h3-11,13,15H,12,14H2,1-2H3,(H,21,25)/p+1. The number of amides is 1. The molecule has 0 saturated carbocycles. The molecule has 0 spiro atoms. The van der Waals surface area contributed by atoms with Gasteiger partial charge in [0, 0.05) is 18.3 Å². The molecule has 0 atom stereocenters. The quantitative estimate of drug-likeness (QED) is 0.716. The molecule has 3 aromatic rings. The van der Waals surface area contributed by atoms with Crippen LogP contribution in [0.1, 0.15) is 21.5 Å². The number of rotatable bonds is 6. The van der Waals surface area contributed by atoms with Gasteiger partial charge in [-0.3, -0.25) is 4.79 Å². The number of benzene rings is 2. The van der Waals surface area contributed by atoms with Crippen molar-refractivity contribution < 1.29 is 9.69 Å². The van der Waals surface area contributed by atoms with Crippen molar-refractivity contribution in [2.75, 3.05) is 14.1 Å². The van der Waals surface area contributed by atoms with E-state index in [0.717, 1.165) is 17.8 Å². The highest BCUT2D eigenvalue weighted by Gasteiger charge is 2.09. The smallest absolute Gasteiger partial charge is 0.254 e. The lowest BCUT2D eigenvalue weighted by Gasteiger charge is -2.08. The van der Waals surface area contributed by atoms with E-state index in [-0.39, 0.29) is 5.91 Å². The van der Waals surface area contributed by atoms with Gasteiger partial charge in [0.25, 0.3) is 5.91 Å². The van der Waals surface area contributed by atoms with Crippen LogP contribution in [0, 0.1) is 0 Å². The Labute approximate surface area is 147 Å². The second-order valence-electron chi connectivity index (χ2n) is 6.39. The molecule has 5 heteroatoms. The molecule has 1 amide bonds. The Kier molecular flexibility index (Phi) is 5.26. The predicted molar refractivity (Wildman–Crippen MR) is 97.7 cm³/mol. The molecule has 2 aromatic carbocycles. The lowest BCUT2D eigenvalue weighted by molar-refractivity contribution is -0.872. The fraction of sp³-hybridized carbons (Fsp3) is 0.200. The van der Waals surface area contributed by atoms with Crippen LogP contribution < -0.4 is 10.2 Å². The Morgan fingerprint density at radius 1 is 1.04 bits per heavy atom. The van der Waals surface area contributed by atoms with E-state index in [1.807, 2.05) is 30.3 Å². The molecule has 0 fully saturated rings. The van der Waals surface area contributed by atoms with Gasteiger partial charge in [-0.15, -0.1) is 0 Å². The number of hydrogen-bond donors (Lipinski definition) is 2. The molecule has 0 aliphatic heterocycles. The topological polar surface area (TPSA) is 51.4 Å². The first-order valence-electron chi connectivity index (χ1n) is 8.37. The molecule has 5 nitrogen and oxygen atoms in total. The number of nitrogens with one attached hydrogen (secondary N) is 2. The molecular weight excluding hydrogens is 312 g/mol. The average molecular weight is 335 g/mol. The summed E-state index contributed by atoms with van der Waals surface area (Å²) in [5.74, 6) is -0.121. The van der Waals surface area contributed by atoms with Crippen LogP contribution in [0.15, 0.2) is 67.0 Å². The largest absolute Gasteiger partial charge is 0.348 e. The minimum Gasteiger partial charge on any atom is -0.348 e. The fourth-order valence-corrected chi connectivity index (χ4v) is 2.63. The van der Waals surface area contributed by atoms with E-state index in [9.17, 15) is 4.79 Å². The molecule has 0 aliphatic carbocycles. The minimum atomic E-state index is -0.121. The summed E-state index contributed by atoms with van der Waals surface area (Å²) in [7, 11) is 4.26. The molecule has 2 N–H and O–H groups in total. The molecule has 0 radical (unpaired) electrons. The van der Waals surface area contributed by atoms with E-state index in [0.29, 0.717) is 12.1 Å². The lowest BCUT2D eigenvalue weighted by atomic mass is 10.1. The minimum absolute atomic E-state index is 0.121. The summed E-state index contributed by atoms with van der Waals surface area (Å²) in [5.41, 5.74) is 3.86. The maximum absolute atomic E-state index is 12.3. The van der Waals surface area contributed by atoms with E-state index in [4.69, 9.17) is 0 Å². The number of aromatic nitrogens is 2. The maximum Gasteiger partial charge on any atom is 0.254 e. The Morgan fingerprint density at radius 2 is 1.72 bits per heavy atom. The zero-order valence-corrected chi connectivity index (χ0v) is 14.6. The van der Waals surface area contributed by atoms with Crippen LogP contribution in [0.25, 0.3) is 5.69 Å². The van der Waals surface area contributed by atoms with E-state index in [1.54, 1.807) is 17.1 Å². The first-order valence-corrected chi connectivity index (χ1v) is 8.37. The van der Waals surface area contributed by atoms with Crippen LogP contribution in [-0.4, -0.2) is 29.8 Å². The van der Waals surface area contributed by atoms with Gasteiger partial charge in [-0.1, -0.05) is 42.5 Å². The van der Waals surface area contributed by atoms with E-state index in [1.165, 1.54) is 10.5 Å². The molecule has 0 unspecified atom stereocenters. The summed E-state index contributed by atoms with van der Waals surface area (Å²) in [4.78, 5) is 13.7. The first-order chi connectivity index (χ1) is 12.1.